The van der Waals surface area contributed by atoms with Crippen LogP contribution in [0.4, 0.5) is 10.1 Å². The molecule has 4 aromatic rings. The number of amides is 1. The van der Waals surface area contributed by atoms with E-state index in [1.54, 1.807) is 6.08 Å². The fourth-order valence-corrected chi connectivity index (χ4v) is 5.32. The SMILES string of the molecule is O=C1/C(=C\c2c(OCc3ccc(Cl)cc3)ccc3ccccc23)SC(=S)N1c1ccc(F)c(Cl)c1. The molecule has 0 atom stereocenters. The van der Waals surface area contributed by atoms with Crippen molar-refractivity contribution in [3.05, 3.63) is 111 Å². The summed E-state index contributed by atoms with van der Waals surface area (Å²) < 4.78 is 20.2. The third-order valence-electron chi connectivity index (χ3n) is 5.47. The van der Waals surface area contributed by atoms with E-state index in [4.69, 9.17) is 40.2 Å². The van der Waals surface area contributed by atoms with Crippen LogP contribution in [0.3, 0.4) is 0 Å². The molecule has 0 bridgehead atoms. The Hall–Kier alpha value is -2.90. The lowest BCUT2D eigenvalue weighted by atomic mass is 10.0. The average molecular weight is 540 g/mol. The minimum atomic E-state index is -0.561. The van der Waals surface area contributed by atoms with Crippen LogP contribution >= 0.6 is 47.2 Å². The fourth-order valence-electron chi connectivity index (χ4n) is 3.74. The maximum absolute atomic E-state index is 13.6. The molecule has 8 heteroatoms. The van der Waals surface area contributed by atoms with Gasteiger partial charge in [-0.1, -0.05) is 89.6 Å². The van der Waals surface area contributed by atoms with Crippen LogP contribution in [-0.2, 0) is 11.4 Å². The van der Waals surface area contributed by atoms with Crippen molar-refractivity contribution < 1.29 is 13.9 Å². The van der Waals surface area contributed by atoms with Gasteiger partial charge in [-0.15, -0.1) is 0 Å². The van der Waals surface area contributed by atoms with Crippen molar-refractivity contribution in [3.8, 4) is 5.75 Å². The smallest absolute Gasteiger partial charge is 0.270 e. The summed E-state index contributed by atoms with van der Waals surface area (Å²) >= 11 is 18.6. The molecule has 174 valence electrons. The second kappa shape index (κ2) is 9.99. The van der Waals surface area contributed by atoms with Crippen molar-refractivity contribution in [1.29, 1.82) is 0 Å². The maximum Gasteiger partial charge on any atom is 0.270 e. The highest BCUT2D eigenvalue weighted by Crippen LogP contribution is 2.39. The number of hydrogen-bond donors (Lipinski definition) is 0. The molecular weight excluding hydrogens is 524 g/mol. The first-order valence-electron chi connectivity index (χ1n) is 10.5. The highest BCUT2D eigenvalue weighted by Gasteiger charge is 2.34. The Morgan fingerprint density at radius 1 is 1.00 bits per heavy atom. The van der Waals surface area contributed by atoms with Crippen LogP contribution in [0.1, 0.15) is 11.1 Å². The van der Waals surface area contributed by atoms with Crippen LogP contribution in [0.25, 0.3) is 16.8 Å². The maximum atomic E-state index is 13.6. The summed E-state index contributed by atoms with van der Waals surface area (Å²) in [5.74, 6) is -0.234. The zero-order valence-electron chi connectivity index (χ0n) is 18.0. The normalized spacial score (nSPS) is 14.8. The topological polar surface area (TPSA) is 29.5 Å². The molecule has 1 saturated heterocycles. The summed E-state index contributed by atoms with van der Waals surface area (Å²) in [6.07, 6.45) is 1.80. The Morgan fingerprint density at radius 2 is 1.77 bits per heavy atom. The van der Waals surface area contributed by atoms with E-state index in [-0.39, 0.29) is 10.9 Å². The Bertz CT molecular complexity index is 1510. The molecule has 0 aromatic heterocycles. The lowest BCUT2D eigenvalue weighted by Crippen LogP contribution is -2.27. The van der Waals surface area contributed by atoms with Gasteiger partial charge in [-0.05, 0) is 58.8 Å². The molecule has 3 nitrogen and oxygen atoms in total. The van der Waals surface area contributed by atoms with Crippen LogP contribution in [-0.4, -0.2) is 10.2 Å². The quantitative estimate of drug-likeness (QED) is 0.188. The van der Waals surface area contributed by atoms with Crippen molar-refractivity contribution >= 4 is 79.9 Å². The highest BCUT2D eigenvalue weighted by molar-refractivity contribution is 8.27. The largest absolute Gasteiger partial charge is 0.488 e. The molecule has 0 spiro atoms. The number of anilines is 1. The summed E-state index contributed by atoms with van der Waals surface area (Å²) in [5.41, 5.74) is 2.15. The number of benzene rings is 4. The number of carbonyl (C=O) groups excluding carboxylic acids is 1. The molecule has 5 rings (SSSR count). The molecule has 0 aliphatic carbocycles. The Kier molecular flexibility index (Phi) is 6.80. The van der Waals surface area contributed by atoms with Gasteiger partial charge in [0.2, 0.25) is 0 Å². The molecule has 1 aliphatic heterocycles. The molecule has 1 heterocycles. The van der Waals surface area contributed by atoms with E-state index in [1.165, 1.54) is 34.9 Å². The van der Waals surface area contributed by atoms with Crippen LogP contribution in [0, 0.1) is 5.82 Å². The number of thioether (sulfide) groups is 1. The predicted octanol–water partition coefficient (Wildman–Crippen LogP) is 8.27. The van der Waals surface area contributed by atoms with Gasteiger partial charge < -0.3 is 4.74 Å². The lowest BCUT2D eigenvalue weighted by molar-refractivity contribution is -0.113. The van der Waals surface area contributed by atoms with E-state index in [1.807, 2.05) is 60.7 Å². The van der Waals surface area contributed by atoms with Crippen molar-refractivity contribution in [2.75, 3.05) is 4.90 Å². The van der Waals surface area contributed by atoms with Crippen molar-refractivity contribution in [3.63, 3.8) is 0 Å². The van der Waals surface area contributed by atoms with Gasteiger partial charge in [-0.25, -0.2) is 4.39 Å². The fraction of sp³-hybridized carbons (Fsp3) is 0.0370. The molecule has 0 N–H and O–H groups in total. The Labute approximate surface area is 221 Å². The summed E-state index contributed by atoms with van der Waals surface area (Å²) in [7, 11) is 0. The van der Waals surface area contributed by atoms with Gasteiger partial charge in [0.1, 0.15) is 18.2 Å². The summed E-state index contributed by atoms with van der Waals surface area (Å²) in [5, 5.41) is 2.53. The zero-order valence-corrected chi connectivity index (χ0v) is 21.1. The number of ether oxygens (including phenoxy) is 1. The van der Waals surface area contributed by atoms with Crippen molar-refractivity contribution in [2.45, 2.75) is 6.61 Å². The average Bonchev–Trinajstić information content (AvgIpc) is 3.14. The second-order valence-electron chi connectivity index (χ2n) is 7.73. The summed E-state index contributed by atoms with van der Waals surface area (Å²) in [6.45, 7) is 0.339. The van der Waals surface area contributed by atoms with E-state index in [9.17, 15) is 9.18 Å². The molecular formula is C27H16Cl2FNO2S2. The standard InChI is InChI=1S/C27H16Cl2FNO2S2/c28-18-8-5-16(6-9-18)15-33-24-12-7-17-3-1-2-4-20(17)21(24)14-25-26(32)31(27(34)35-25)19-10-11-23(30)22(29)13-19/h1-14H,15H2/b25-14+. The first kappa shape index (κ1) is 23.8. The highest BCUT2D eigenvalue weighted by atomic mass is 35.5. The van der Waals surface area contributed by atoms with E-state index in [0.29, 0.717) is 32.3 Å². The van der Waals surface area contributed by atoms with Crippen LogP contribution in [0.5, 0.6) is 5.75 Å². The lowest BCUT2D eigenvalue weighted by Gasteiger charge is -2.15. The van der Waals surface area contributed by atoms with E-state index in [2.05, 4.69) is 0 Å². The number of halogens is 3. The van der Waals surface area contributed by atoms with Gasteiger partial charge in [0.15, 0.2) is 4.32 Å². The Balaban J connectivity index is 1.52. The number of rotatable bonds is 5. The molecule has 35 heavy (non-hydrogen) atoms. The molecule has 0 saturated carbocycles. The summed E-state index contributed by atoms with van der Waals surface area (Å²) in [6, 6.07) is 23.3. The monoisotopic (exact) mass is 539 g/mol. The van der Waals surface area contributed by atoms with Gasteiger partial charge in [-0.2, -0.15) is 0 Å². The van der Waals surface area contributed by atoms with Gasteiger partial charge in [0, 0.05) is 10.6 Å². The second-order valence-corrected chi connectivity index (χ2v) is 10.2. The van der Waals surface area contributed by atoms with Gasteiger partial charge >= 0.3 is 0 Å². The van der Waals surface area contributed by atoms with Crippen LogP contribution < -0.4 is 9.64 Å². The number of carbonyl (C=O) groups is 1. The number of thiocarbonyl (C=S) groups is 1. The third-order valence-corrected chi connectivity index (χ3v) is 7.31. The number of hydrogen-bond acceptors (Lipinski definition) is 4. The van der Waals surface area contributed by atoms with Gasteiger partial charge in [0.05, 0.1) is 15.6 Å². The number of nitrogens with zero attached hydrogens (tertiary/aromatic N) is 1. The van der Waals surface area contributed by atoms with Crippen LogP contribution in [0.2, 0.25) is 10.0 Å². The zero-order chi connectivity index (χ0) is 24.5. The van der Waals surface area contributed by atoms with Gasteiger partial charge in [-0.3, -0.25) is 9.69 Å². The summed E-state index contributed by atoms with van der Waals surface area (Å²) in [4.78, 5) is 15.1. The molecule has 1 aliphatic rings. The Morgan fingerprint density at radius 3 is 2.54 bits per heavy atom. The molecule has 0 unspecified atom stereocenters. The van der Waals surface area contributed by atoms with Crippen molar-refractivity contribution in [1.82, 2.24) is 0 Å². The molecule has 1 fully saturated rings. The predicted molar refractivity (Wildman–Crippen MR) is 147 cm³/mol. The van der Waals surface area contributed by atoms with Crippen molar-refractivity contribution in [2.24, 2.45) is 0 Å². The third kappa shape index (κ3) is 4.93. The van der Waals surface area contributed by atoms with Gasteiger partial charge in [0.25, 0.3) is 5.91 Å². The first-order valence-corrected chi connectivity index (χ1v) is 12.5. The minimum Gasteiger partial charge on any atom is -0.488 e. The molecule has 1 amide bonds. The number of fused-ring (bicyclic) bond motifs is 1. The molecule has 0 radical (unpaired) electrons. The molecule has 4 aromatic carbocycles. The minimum absolute atomic E-state index is 0.0764. The van der Waals surface area contributed by atoms with E-state index < -0.39 is 5.82 Å². The van der Waals surface area contributed by atoms with Crippen LogP contribution in [0.15, 0.2) is 83.8 Å². The first-order chi connectivity index (χ1) is 16.9. The van der Waals surface area contributed by atoms with E-state index >= 15 is 0 Å². The van der Waals surface area contributed by atoms with E-state index in [0.717, 1.165) is 21.9 Å².